The van der Waals surface area contributed by atoms with Crippen molar-refractivity contribution in [3.05, 3.63) is 29.3 Å². The molecule has 2 N–H and O–H groups in total. The van der Waals surface area contributed by atoms with Crippen molar-refractivity contribution in [3.8, 4) is 12.3 Å². The second-order valence-electron chi connectivity index (χ2n) is 6.60. The lowest BCUT2D eigenvalue weighted by molar-refractivity contribution is -0.895. The number of hydrogen-bond donors (Lipinski definition) is 2. The van der Waals surface area contributed by atoms with Crippen LogP contribution in [0.5, 0.6) is 0 Å². The first-order valence-electron chi connectivity index (χ1n) is 8.66. The average molecular weight is 362 g/mol. The highest BCUT2D eigenvalue weighted by molar-refractivity contribution is 7.89. The molecular weight excluding hydrogens is 338 g/mol. The summed E-state index contributed by atoms with van der Waals surface area (Å²) in [4.78, 5) is 13.2. The van der Waals surface area contributed by atoms with Crippen LogP contribution in [0.25, 0.3) is 0 Å². The number of nitrogens with one attached hydrogen (secondary N) is 2. The van der Waals surface area contributed by atoms with Gasteiger partial charge in [-0.1, -0.05) is 12.0 Å². The molecule has 0 bridgehead atoms. The smallest absolute Gasteiger partial charge is 0.275 e. The van der Waals surface area contributed by atoms with E-state index in [1.165, 1.54) is 9.87 Å². The van der Waals surface area contributed by atoms with Crippen molar-refractivity contribution < 1.29 is 18.1 Å². The van der Waals surface area contributed by atoms with Gasteiger partial charge >= 0.3 is 0 Å². The minimum atomic E-state index is -3.46. The Bertz CT molecular complexity index is 790. The summed E-state index contributed by atoms with van der Waals surface area (Å²) in [5.74, 6) is 2.28. The Morgan fingerprint density at radius 1 is 1.24 bits per heavy atom. The van der Waals surface area contributed by atoms with Crippen molar-refractivity contribution in [1.29, 1.82) is 0 Å². The number of nitrogens with zero attached hydrogens (tertiary/aromatic N) is 1. The molecule has 1 aliphatic carbocycles. The molecule has 7 heteroatoms. The Kier molecular flexibility index (Phi) is 5.42. The third-order valence-electron chi connectivity index (χ3n) is 4.94. The van der Waals surface area contributed by atoms with Gasteiger partial charge in [-0.05, 0) is 42.5 Å². The fourth-order valence-corrected chi connectivity index (χ4v) is 5.01. The van der Waals surface area contributed by atoms with Gasteiger partial charge in [-0.2, -0.15) is 4.31 Å². The molecule has 0 aromatic heterocycles. The van der Waals surface area contributed by atoms with Gasteiger partial charge in [0.25, 0.3) is 5.91 Å². The van der Waals surface area contributed by atoms with Crippen LogP contribution in [0.1, 0.15) is 17.5 Å². The van der Waals surface area contributed by atoms with Crippen molar-refractivity contribution in [2.75, 3.05) is 39.3 Å². The number of quaternary nitrogens is 1. The van der Waals surface area contributed by atoms with Crippen LogP contribution >= 0.6 is 0 Å². The number of sulfonamides is 1. The summed E-state index contributed by atoms with van der Waals surface area (Å²) in [5.41, 5.74) is 2.43. The van der Waals surface area contributed by atoms with Crippen LogP contribution in [0.2, 0.25) is 0 Å². The topological polar surface area (TPSA) is 70.9 Å². The molecule has 1 aliphatic heterocycles. The number of fused-ring (bicyclic) bond motifs is 1. The molecule has 6 nitrogen and oxygen atoms in total. The van der Waals surface area contributed by atoms with Gasteiger partial charge in [0.05, 0.1) is 37.6 Å². The first-order chi connectivity index (χ1) is 12.0. The lowest BCUT2D eigenvalue weighted by atomic mass is 10.1. The van der Waals surface area contributed by atoms with Crippen LogP contribution in [-0.4, -0.2) is 57.9 Å². The molecule has 1 saturated heterocycles. The lowest BCUT2D eigenvalue weighted by Gasteiger charge is -2.31. The summed E-state index contributed by atoms with van der Waals surface area (Å²) >= 11 is 0. The summed E-state index contributed by atoms with van der Waals surface area (Å²) in [6.45, 7) is 2.65. The molecule has 0 unspecified atom stereocenters. The van der Waals surface area contributed by atoms with Gasteiger partial charge < -0.3 is 10.2 Å². The number of aryl methyl sites for hydroxylation is 2. The molecule has 1 aromatic rings. The monoisotopic (exact) mass is 362 g/mol. The third-order valence-corrected chi connectivity index (χ3v) is 6.83. The predicted molar refractivity (Wildman–Crippen MR) is 94.6 cm³/mol. The van der Waals surface area contributed by atoms with E-state index in [0.717, 1.165) is 29.7 Å². The largest absolute Gasteiger partial charge is 0.340 e. The fraction of sp³-hybridized carbons (Fsp3) is 0.500. The van der Waals surface area contributed by atoms with E-state index in [1.54, 1.807) is 6.07 Å². The van der Waals surface area contributed by atoms with Crippen LogP contribution in [0.4, 0.5) is 0 Å². The molecule has 0 atom stereocenters. The number of terminal acetylenes is 1. The highest BCUT2D eigenvalue weighted by Gasteiger charge is 2.31. The Hall–Kier alpha value is -1.88. The second-order valence-corrected chi connectivity index (χ2v) is 8.53. The predicted octanol–water partition coefficient (Wildman–Crippen LogP) is -1.19. The average Bonchev–Trinajstić information content (AvgIpc) is 3.08. The minimum Gasteiger partial charge on any atom is -0.340 e. The highest BCUT2D eigenvalue weighted by atomic mass is 32.2. The molecule has 1 fully saturated rings. The third kappa shape index (κ3) is 4.03. The van der Waals surface area contributed by atoms with E-state index in [2.05, 4.69) is 11.2 Å². The Morgan fingerprint density at radius 3 is 2.68 bits per heavy atom. The summed E-state index contributed by atoms with van der Waals surface area (Å²) in [6.07, 6.45) is 8.22. The van der Waals surface area contributed by atoms with E-state index in [1.807, 2.05) is 12.1 Å². The van der Waals surface area contributed by atoms with Gasteiger partial charge in [0.15, 0.2) is 6.54 Å². The van der Waals surface area contributed by atoms with Crippen molar-refractivity contribution in [2.45, 2.75) is 24.2 Å². The minimum absolute atomic E-state index is 0.0946. The van der Waals surface area contributed by atoms with Crippen LogP contribution in [0.3, 0.4) is 0 Å². The van der Waals surface area contributed by atoms with Crippen LogP contribution < -0.4 is 10.2 Å². The Labute approximate surface area is 149 Å². The van der Waals surface area contributed by atoms with Gasteiger partial charge in [0.1, 0.15) is 0 Å². The van der Waals surface area contributed by atoms with Crippen molar-refractivity contribution in [3.63, 3.8) is 0 Å². The van der Waals surface area contributed by atoms with Gasteiger partial charge in [-0.25, -0.2) is 8.42 Å². The van der Waals surface area contributed by atoms with E-state index in [4.69, 9.17) is 6.42 Å². The standard InChI is InChI=1S/C18H23N3O3S/c1-2-8-19-18(22)14-20-9-11-21(12-10-20)25(23,24)17-7-6-15-4-3-5-16(15)13-17/h1,6-7,13H,3-5,8-12,14H2,(H,19,22)/p+1. The van der Waals surface area contributed by atoms with Gasteiger partial charge in [-0.15, -0.1) is 6.42 Å². The maximum atomic E-state index is 12.9. The van der Waals surface area contributed by atoms with E-state index in [0.29, 0.717) is 37.6 Å². The summed E-state index contributed by atoms with van der Waals surface area (Å²) in [7, 11) is -3.46. The van der Waals surface area contributed by atoms with Crippen LogP contribution in [-0.2, 0) is 27.7 Å². The second kappa shape index (κ2) is 7.56. The summed E-state index contributed by atoms with van der Waals surface area (Å²) in [6, 6.07) is 5.52. The molecule has 1 heterocycles. The van der Waals surface area contributed by atoms with E-state index in [-0.39, 0.29) is 12.5 Å². The number of amides is 1. The number of carbonyl (C=O) groups is 1. The van der Waals surface area contributed by atoms with E-state index >= 15 is 0 Å². The van der Waals surface area contributed by atoms with Gasteiger partial charge in [0.2, 0.25) is 10.0 Å². The fourth-order valence-electron chi connectivity index (χ4n) is 3.52. The molecular formula is C18H24N3O3S+. The molecule has 0 radical (unpaired) electrons. The van der Waals surface area contributed by atoms with Crippen LogP contribution in [0, 0.1) is 12.3 Å². The maximum Gasteiger partial charge on any atom is 0.275 e. The molecule has 1 aromatic carbocycles. The Balaban J connectivity index is 1.60. The maximum absolute atomic E-state index is 12.9. The van der Waals surface area contributed by atoms with Crippen molar-refractivity contribution in [2.24, 2.45) is 0 Å². The molecule has 25 heavy (non-hydrogen) atoms. The normalized spacial score (nSPS) is 18.5. The van der Waals surface area contributed by atoms with E-state index in [9.17, 15) is 13.2 Å². The van der Waals surface area contributed by atoms with E-state index < -0.39 is 10.0 Å². The SMILES string of the molecule is C#CCNC(=O)C[NH+]1CCN(S(=O)(=O)c2ccc3c(c2)CCC3)CC1. The zero-order chi connectivity index (χ0) is 17.9. The van der Waals surface area contributed by atoms with Gasteiger partial charge in [0, 0.05) is 0 Å². The number of piperazine rings is 1. The summed E-state index contributed by atoms with van der Waals surface area (Å²) in [5, 5.41) is 2.64. The van der Waals surface area contributed by atoms with Gasteiger partial charge in [-0.3, -0.25) is 4.79 Å². The van der Waals surface area contributed by atoms with Crippen molar-refractivity contribution in [1.82, 2.24) is 9.62 Å². The molecule has 0 spiro atoms. The zero-order valence-corrected chi connectivity index (χ0v) is 15.1. The molecule has 0 saturated carbocycles. The zero-order valence-electron chi connectivity index (χ0n) is 14.3. The molecule has 3 rings (SSSR count). The quantitative estimate of drug-likeness (QED) is 0.648. The van der Waals surface area contributed by atoms with Crippen LogP contribution in [0.15, 0.2) is 23.1 Å². The molecule has 134 valence electrons. The summed E-state index contributed by atoms with van der Waals surface area (Å²) < 4.78 is 27.3. The lowest BCUT2D eigenvalue weighted by Crippen LogP contribution is -3.15. The number of benzene rings is 1. The van der Waals surface area contributed by atoms with Crippen molar-refractivity contribution >= 4 is 15.9 Å². The highest BCUT2D eigenvalue weighted by Crippen LogP contribution is 2.26. The number of hydrogen-bond acceptors (Lipinski definition) is 3. The first kappa shape index (κ1) is 17.9. The number of rotatable bonds is 5. The molecule has 2 aliphatic rings. The molecule has 1 amide bonds. The number of carbonyl (C=O) groups excluding carboxylic acids is 1. The Morgan fingerprint density at radius 2 is 1.96 bits per heavy atom. The first-order valence-corrected chi connectivity index (χ1v) is 10.1.